The molecule has 1 heterocycles. The molecule has 1 atom stereocenters. The summed E-state index contributed by atoms with van der Waals surface area (Å²) < 4.78 is 0. The molecular weight excluding hydrogens is 306 g/mol. The average Bonchev–Trinajstić information content (AvgIpc) is 2.53. The molecule has 2 aromatic rings. The van der Waals surface area contributed by atoms with Crippen molar-refractivity contribution in [3.63, 3.8) is 0 Å². The van der Waals surface area contributed by atoms with Crippen LogP contribution in [0.2, 0.25) is 0 Å². The number of benzene rings is 1. The third-order valence-corrected chi connectivity index (χ3v) is 4.81. The van der Waals surface area contributed by atoms with E-state index in [-0.39, 0.29) is 11.2 Å². The second-order valence-electron chi connectivity index (χ2n) is 5.68. The van der Waals surface area contributed by atoms with E-state index in [9.17, 15) is 4.79 Å². The predicted octanol–water partition coefficient (Wildman–Crippen LogP) is 3.70. The van der Waals surface area contributed by atoms with Crippen molar-refractivity contribution in [1.29, 1.82) is 5.26 Å². The first-order valence-corrected chi connectivity index (χ1v) is 8.47. The van der Waals surface area contributed by atoms with Crippen LogP contribution in [0.5, 0.6) is 0 Å². The summed E-state index contributed by atoms with van der Waals surface area (Å²) in [5, 5.41) is 10.4. The lowest BCUT2D eigenvalue weighted by Crippen LogP contribution is -2.33. The number of nitrogens with zero attached hydrogens (tertiary/aromatic N) is 3. The van der Waals surface area contributed by atoms with Crippen molar-refractivity contribution in [1.82, 2.24) is 9.88 Å². The van der Waals surface area contributed by atoms with Gasteiger partial charge >= 0.3 is 0 Å². The highest BCUT2D eigenvalue weighted by Gasteiger charge is 2.19. The topological polar surface area (TPSA) is 57.0 Å². The molecule has 1 aromatic carbocycles. The number of para-hydroxylation sites is 1. The van der Waals surface area contributed by atoms with Gasteiger partial charge in [-0.3, -0.25) is 4.79 Å². The zero-order valence-corrected chi connectivity index (χ0v) is 14.8. The van der Waals surface area contributed by atoms with Gasteiger partial charge in [0, 0.05) is 19.0 Å². The van der Waals surface area contributed by atoms with Crippen molar-refractivity contribution in [2.24, 2.45) is 0 Å². The first-order chi connectivity index (χ1) is 10.9. The van der Waals surface area contributed by atoms with E-state index in [1.165, 1.54) is 17.3 Å². The predicted molar refractivity (Wildman–Crippen MR) is 94.4 cm³/mol. The molecule has 2 rings (SSSR count). The van der Waals surface area contributed by atoms with Crippen LogP contribution in [0.4, 0.5) is 0 Å². The van der Waals surface area contributed by atoms with Crippen molar-refractivity contribution >= 4 is 28.6 Å². The Hall–Kier alpha value is -2.06. The van der Waals surface area contributed by atoms with Gasteiger partial charge in [0.25, 0.3) is 0 Å². The highest BCUT2D eigenvalue weighted by molar-refractivity contribution is 8.00. The van der Waals surface area contributed by atoms with Gasteiger partial charge in [0.15, 0.2) is 0 Å². The monoisotopic (exact) mass is 327 g/mol. The fraction of sp³-hybridized carbons (Fsp3) is 0.389. The fourth-order valence-electron chi connectivity index (χ4n) is 2.46. The number of amides is 1. The van der Waals surface area contributed by atoms with E-state index in [0.29, 0.717) is 13.0 Å². The Morgan fingerprint density at radius 3 is 2.83 bits per heavy atom. The molecule has 0 aliphatic carbocycles. The van der Waals surface area contributed by atoms with Crippen molar-refractivity contribution in [3.8, 4) is 6.07 Å². The summed E-state index contributed by atoms with van der Waals surface area (Å²) in [7, 11) is 1.74. The molecule has 4 nitrogen and oxygen atoms in total. The second-order valence-corrected chi connectivity index (χ2v) is 7.04. The quantitative estimate of drug-likeness (QED) is 0.786. The Labute approximate surface area is 141 Å². The van der Waals surface area contributed by atoms with Gasteiger partial charge < -0.3 is 4.90 Å². The third kappa shape index (κ3) is 4.02. The number of pyridine rings is 1. The molecule has 120 valence electrons. The van der Waals surface area contributed by atoms with Crippen molar-refractivity contribution in [2.45, 2.75) is 37.5 Å². The Morgan fingerprint density at radius 2 is 2.13 bits per heavy atom. The van der Waals surface area contributed by atoms with Crippen LogP contribution in [0.1, 0.15) is 24.5 Å². The standard InChI is InChI=1S/C18H21N3OS/c1-12-7-5-8-15-13(2)11-16(20-17(12)15)23-14(3)18(22)21(4)10-6-9-19/h5,7-8,11,14H,6,10H2,1-4H3/t14-/m1/s1. The number of fused-ring (bicyclic) bond motifs is 1. The Kier molecular flexibility index (Phi) is 5.62. The fourth-order valence-corrected chi connectivity index (χ4v) is 3.49. The van der Waals surface area contributed by atoms with E-state index in [4.69, 9.17) is 10.2 Å². The van der Waals surface area contributed by atoms with E-state index < -0.39 is 0 Å². The number of aryl methyl sites for hydroxylation is 2. The molecule has 0 aliphatic rings. The lowest BCUT2D eigenvalue weighted by molar-refractivity contribution is -0.128. The van der Waals surface area contributed by atoms with E-state index in [1.807, 2.05) is 32.0 Å². The summed E-state index contributed by atoms with van der Waals surface area (Å²) in [5.74, 6) is 0.0228. The van der Waals surface area contributed by atoms with Crippen LogP contribution in [0, 0.1) is 25.2 Å². The Morgan fingerprint density at radius 1 is 1.39 bits per heavy atom. The van der Waals surface area contributed by atoms with Gasteiger partial charge in [-0.15, -0.1) is 0 Å². The number of nitriles is 1. The summed E-state index contributed by atoms with van der Waals surface area (Å²) in [5.41, 5.74) is 3.30. The first kappa shape index (κ1) is 17.3. The molecule has 0 bridgehead atoms. The number of hydrogen-bond acceptors (Lipinski definition) is 4. The second kappa shape index (κ2) is 7.47. The zero-order chi connectivity index (χ0) is 17.0. The number of carbonyl (C=O) groups is 1. The zero-order valence-electron chi connectivity index (χ0n) is 14.0. The van der Waals surface area contributed by atoms with Gasteiger partial charge in [-0.05, 0) is 38.0 Å². The lowest BCUT2D eigenvalue weighted by Gasteiger charge is -2.20. The van der Waals surface area contributed by atoms with Crippen molar-refractivity contribution in [2.75, 3.05) is 13.6 Å². The van der Waals surface area contributed by atoms with Gasteiger partial charge in [0.1, 0.15) is 0 Å². The van der Waals surface area contributed by atoms with Crippen LogP contribution in [-0.2, 0) is 4.79 Å². The summed E-state index contributed by atoms with van der Waals surface area (Å²) in [4.78, 5) is 18.7. The Balaban J connectivity index is 2.20. The molecule has 0 unspecified atom stereocenters. The number of thioether (sulfide) groups is 1. The van der Waals surface area contributed by atoms with E-state index in [1.54, 1.807) is 11.9 Å². The summed E-state index contributed by atoms with van der Waals surface area (Å²) in [6.45, 7) is 6.46. The number of carbonyl (C=O) groups excluding carboxylic acids is 1. The van der Waals surface area contributed by atoms with Crippen LogP contribution in [0.3, 0.4) is 0 Å². The molecular formula is C18H21N3OS. The molecule has 1 amide bonds. The van der Waals surface area contributed by atoms with Crippen molar-refractivity contribution in [3.05, 3.63) is 35.4 Å². The minimum atomic E-state index is -0.230. The minimum absolute atomic E-state index is 0.0228. The molecule has 0 fully saturated rings. The van der Waals surface area contributed by atoms with Gasteiger partial charge in [0.2, 0.25) is 5.91 Å². The van der Waals surface area contributed by atoms with Gasteiger partial charge in [-0.2, -0.15) is 5.26 Å². The largest absolute Gasteiger partial charge is 0.344 e. The summed E-state index contributed by atoms with van der Waals surface area (Å²) >= 11 is 1.47. The molecule has 0 aliphatic heterocycles. The molecule has 0 spiro atoms. The van der Waals surface area contributed by atoms with Crippen LogP contribution in [0.25, 0.3) is 10.9 Å². The molecule has 0 N–H and O–H groups in total. The lowest BCUT2D eigenvalue weighted by atomic mass is 10.1. The van der Waals surface area contributed by atoms with Gasteiger partial charge in [0.05, 0.1) is 28.3 Å². The number of aromatic nitrogens is 1. The maximum absolute atomic E-state index is 12.3. The molecule has 0 saturated carbocycles. The minimum Gasteiger partial charge on any atom is -0.344 e. The first-order valence-electron chi connectivity index (χ1n) is 7.59. The van der Waals surface area contributed by atoms with Crippen LogP contribution >= 0.6 is 11.8 Å². The summed E-state index contributed by atoms with van der Waals surface area (Å²) in [6, 6.07) is 10.3. The number of rotatable bonds is 5. The van der Waals surface area contributed by atoms with E-state index in [0.717, 1.165) is 21.5 Å². The molecule has 23 heavy (non-hydrogen) atoms. The Bertz CT molecular complexity index is 767. The maximum Gasteiger partial charge on any atom is 0.235 e. The third-order valence-electron chi connectivity index (χ3n) is 3.81. The highest BCUT2D eigenvalue weighted by Crippen LogP contribution is 2.28. The van der Waals surface area contributed by atoms with Gasteiger partial charge in [-0.25, -0.2) is 4.98 Å². The van der Waals surface area contributed by atoms with E-state index >= 15 is 0 Å². The average molecular weight is 327 g/mol. The molecule has 0 radical (unpaired) electrons. The smallest absolute Gasteiger partial charge is 0.235 e. The normalized spacial score (nSPS) is 12.0. The van der Waals surface area contributed by atoms with Crippen LogP contribution in [0.15, 0.2) is 29.3 Å². The molecule has 0 saturated heterocycles. The highest BCUT2D eigenvalue weighted by atomic mass is 32.2. The van der Waals surface area contributed by atoms with Crippen LogP contribution in [-0.4, -0.2) is 34.6 Å². The van der Waals surface area contributed by atoms with Crippen molar-refractivity contribution < 1.29 is 4.79 Å². The SMILES string of the molecule is Cc1cc(S[C@H](C)C(=O)N(C)CCC#N)nc2c(C)cccc12. The maximum atomic E-state index is 12.3. The number of hydrogen-bond donors (Lipinski definition) is 0. The molecule has 1 aromatic heterocycles. The molecule has 5 heteroatoms. The summed E-state index contributed by atoms with van der Waals surface area (Å²) in [6.07, 6.45) is 0.353. The van der Waals surface area contributed by atoms with Crippen LogP contribution < -0.4 is 0 Å². The van der Waals surface area contributed by atoms with E-state index in [2.05, 4.69) is 19.1 Å². The van der Waals surface area contributed by atoms with Gasteiger partial charge in [-0.1, -0.05) is 30.0 Å².